The third-order valence-corrected chi connectivity index (χ3v) is 4.16. The molecule has 1 N–H and O–H groups in total. The number of hydrogen-bond acceptors (Lipinski definition) is 4. The maximum atomic E-state index is 12.5. The number of rotatable bonds is 4. The van der Waals surface area contributed by atoms with Crippen molar-refractivity contribution in [2.75, 3.05) is 0 Å². The van der Waals surface area contributed by atoms with Gasteiger partial charge in [-0.2, -0.15) is 10.2 Å². The maximum absolute atomic E-state index is 12.5. The zero-order valence-corrected chi connectivity index (χ0v) is 15.0. The van der Waals surface area contributed by atoms with Gasteiger partial charge in [0.25, 0.3) is 11.5 Å². The van der Waals surface area contributed by atoms with Gasteiger partial charge >= 0.3 is 0 Å². The standard InChI is InChI=1S/C18H15BrN4O2/c1-2-23-18(25)15-6-4-3-5-14(15)16(22-23)17(24)21-20-11-12-7-9-13(19)10-8-12/h3-11H,2H2,1H3,(H,21,24)/b20-11-. The first-order valence-corrected chi connectivity index (χ1v) is 8.48. The second kappa shape index (κ2) is 7.40. The lowest BCUT2D eigenvalue weighted by Crippen LogP contribution is -2.28. The molecule has 6 nitrogen and oxygen atoms in total. The molecule has 126 valence electrons. The van der Waals surface area contributed by atoms with Crippen LogP contribution < -0.4 is 11.0 Å². The molecule has 0 fully saturated rings. The number of carbonyl (C=O) groups excluding carboxylic acids is 1. The monoisotopic (exact) mass is 398 g/mol. The summed E-state index contributed by atoms with van der Waals surface area (Å²) in [5, 5.41) is 9.10. The van der Waals surface area contributed by atoms with E-state index in [2.05, 4.69) is 31.6 Å². The molecule has 0 aliphatic heterocycles. The number of aryl methyl sites for hydroxylation is 1. The zero-order chi connectivity index (χ0) is 17.8. The highest BCUT2D eigenvalue weighted by Gasteiger charge is 2.15. The number of nitrogens with zero attached hydrogens (tertiary/aromatic N) is 3. The predicted octanol–water partition coefficient (Wildman–Crippen LogP) is 2.94. The molecule has 0 spiro atoms. The number of fused-ring (bicyclic) bond motifs is 1. The van der Waals surface area contributed by atoms with Crippen molar-refractivity contribution in [3.8, 4) is 0 Å². The lowest BCUT2D eigenvalue weighted by Gasteiger charge is -2.08. The fourth-order valence-corrected chi connectivity index (χ4v) is 2.65. The maximum Gasteiger partial charge on any atom is 0.292 e. The summed E-state index contributed by atoms with van der Waals surface area (Å²) in [6.45, 7) is 2.18. The van der Waals surface area contributed by atoms with Gasteiger partial charge in [0.15, 0.2) is 5.69 Å². The van der Waals surface area contributed by atoms with Crippen molar-refractivity contribution >= 4 is 38.8 Å². The van der Waals surface area contributed by atoms with Crippen LogP contribution in [0.15, 0.2) is 62.9 Å². The van der Waals surface area contributed by atoms with Crippen LogP contribution in [0.4, 0.5) is 0 Å². The van der Waals surface area contributed by atoms with Gasteiger partial charge in [0, 0.05) is 16.4 Å². The summed E-state index contributed by atoms with van der Waals surface area (Å²) in [7, 11) is 0. The van der Waals surface area contributed by atoms with Crippen LogP contribution >= 0.6 is 15.9 Å². The van der Waals surface area contributed by atoms with Crippen molar-refractivity contribution in [3.63, 3.8) is 0 Å². The summed E-state index contributed by atoms with van der Waals surface area (Å²) in [6.07, 6.45) is 1.54. The third-order valence-electron chi connectivity index (χ3n) is 3.63. The van der Waals surface area contributed by atoms with Gasteiger partial charge in [-0.05, 0) is 30.7 Å². The van der Waals surface area contributed by atoms with Crippen LogP contribution in [-0.4, -0.2) is 21.9 Å². The number of aromatic nitrogens is 2. The summed E-state index contributed by atoms with van der Waals surface area (Å²) in [5.41, 5.74) is 3.27. The molecule has 1 aromatic heterocycles. The van der Waals surface area contributed by atoms with Gasteiger partial charge in [-0.1, -0.05) is 46.3 Å². The summed E-state index contributed by atoms with van der Waals surface area (Å²) in [5.74, 6) is -0.466. The number of halogens is 1. The Bertz CT molecular complexity index is 1010. The average Bonchev–Trinajstić information content (AvgIpc) is 2.64. The molecule has 0 saturated heterocycles. The largest absolute Gasteiger partial charge is 0.292 e. The summed E-state index contributed by atoms with van der Waals surface area (Å²) in [4.78, 5) is 24.8. The molecule has 25 heavy (non-hydrogen) atoms. The summed E-state index contributed by atoms with van der Waals surface area (Å²) >= 11 is 3.36. The summed E-state index contributed by atoms with van der Waals surface area (Å²) < 4.78 is 2.24. The normalized spacial score (nSPS) is 11.1. The van der Waals surface area contributed by atoms with Crippen molar-refractivity contribution in [3.05, 3.63) is 74.6 Å². The fraction of sp³-hybridized carbons (Fsp3) is 0.111. The second-order valence-electron chi connectivity index (χ2n) is 5.27. The number of hydrogen-bond donors (Lipinski definition) is 1. The van der Waals surface area contributed by atoms with Gasteiger partial charge in [0.2, 0.25) is 0 Å². The Labute approximate surface area is 152 Å². The Hall–Kier alpha value is -2.80. The Morgan fingerprint density at radius 3 is 2.56 bits per heavy atom. The molecular weight excluding hydrogens is 384 g/mol. The SMILES string of the molecule is CCn1nc(C(=O)N/N=C\c2ccc(Br)cc2)c2ccccc2c1=O. The molecule has 0 radical (unpaired) electrons. The minimum atomic E-state index is -0.466. The first-order valence-electron chi connectivity index (χ1n) is 7.69. The third kappa shape index (κ3) is 3.66. The van der Waals surface area contributed by atoms with Crippen molar-refractivity contribution in [1.82, 2.24) is 15.2 Å². The van der Waals surface area contributed by atoms with Gasteiger partial charge in [-0.3, -0.25) is 9.59 Å². The lowest BCUT2D eigenvalue weighted by molar-refractivity contribution is 0.0949. The average molecular weight is 399 g/mol. The number of carbonyl (C=O) groups is 1. The molecule has 1 amide bonds. The van der Waals surface area contributed by atoms with E-state index in [0.29, 0.717) is 17.3 Å². The number of hydrazone groups is 1. The first kappa shape index (κ1) is 17.0. The molecule has 3 aromatic rings. The molecule has 0 aliphatic carbocycles. The number of amides is 1. The molecule has 1 heterocycles. The molecule has 0 saturated carbocycles. The minimum Gasteiger partial charge on any atom is -0.267 e. The van der Waals surface area contributed by atoms with Crippen molar-refractivity contribution in [1.29, 1.82) is 0 Å². The minimum absolute atomic E-state index is 0.171. The van der Waals surface area contributed by atoms with E-state index in [9.17, 15) is 9.59 Å². The molecule has 0 atom stereocenters. The van der Waals surface area contributed by atoms with Crippen molar-refractivity contribution < 1.29 is 4.79 Å². The van der Waals surface area contributed by atoms with E-state index in [4.69, 9.17) is 0 Å². The highest BCUT2D eigenvalue weighted by Crippen LogP contribution is 2.13. The van der Waals surface area contributed by atoms with Crippen molar-refractivity contribution in [2.24, 2.45) is 5.10 Å². The van der Waals surface area contributed by atoms with Gasteiger partial charge in [0.1, 0.15) is 0 Å². The van der Waals surface area contributed by atoms with Gasteiger partial charge in [-0.25, -0.2) is 10.1 Å². The number of benzene rings is 2. The van der Waals surface area contributed by atoms with Crippen molar-refractivity contribution in [2.45, 2.75) is 13.5 Å². The molecule has 0 aliphatic rings. The van der Waals surface area contributed by atoms with Crippen LogP contribution in [0.2, 0.25) is 0 Å². The van der Waals surface area contributed by atoms with Crippen LogP contribution in [0, 0.1) is 0 Å². The highest BCUT2D eigenvalue weighted by molar-refractivity contribution is 9.10. The molecule has 7 heteroatoms. The Balaban J connectivity index is 1.90. The van der Waals surface area contributed by atoms with Crippen LogP contribution in [-0.2, 0) is 6.54 Å². The topological polar surface area (TPSA) is 76.3 Å². The molecule has 0 bridgehead atoms. The smallest absolute Gasteiger partial charge is 0.267 e. The van der Waals surface area contributed by atoms with E-state index in [1.807, 2.05) is 24.3 Å². The van der Waals surface area contributed by atoms with E-state index >= 15 is 0 Å². The van der Waals surface area contributed by atoms with E-state index in [-0.39, 0.29) is 11.3 Å². The molecule has 3 rings (SSSR count). The van der Waals surface area contributed by atoms with Gasteiger partial charge in [0.05, 0.1) is 11.6 Å². The highest BCUT2D eigenvalue weighted by atomic mass is 79.9. The van der Waals surface area contributed by atoms with Crippen LogP contribution in [0.1, 0.15) is 23.0 Å². The van der Waals surface area contributed by atoms with Gasteiger partial charge in [-0.15, -0.1) is 0 Å². The number of nitrogens with one attached hydrogen (secondary N) is 1. The second-order valence-corrected chi connectivity index (χ2v) is 6.18. The predicted molar refractivity (Wildman–Crippen MR) is 101 cm³/mol. The van der Waals surface area contributed by atoms with Crippen LogP contribution in [0.3, 0.4) is 0 Å². The van der Waals surface area contributed by atoms with E-state index in [1.165, 1.54) is 4.68 Å². The quantitative estimate of drug-likeness (QED) is 0.542. The van der Waals surface area contributed by atoms with Crippen LogP contribution in [0.25, 0.3) is 10.8 Å². The lowest BCUT2D eigenvalue weighted by atomic mass is 10.1. The molecule has 0 unspecified atom stereocenters. The molecular formula is C18H15BrN4O2. The first-order chi connectivity index (χ1) is 12.1. The Kier molecular flexibility index (Phi) is 5.04. The van der Waals surface area contributed by atoms with E-state index in [0.717, 1.165) is 10.0 Å². The molecule has 2 aromatic carbocycles. The van der Waals surface area contributed by atoms with E-state index in [1.54, 1.807) is 37.4 Å². The zero-order valence-electron chi connectivity index (χ0n) is 13.4. The Morgan fingerprint density at radius 1 is 1.20 bits per heavy atom. The summed E-state index contributed by atoms with van der Waals surface area (Å²) in [6, 6.07) is 14.4. The Morgan fingerprint density at radius 2 is 1.88 bits per heavy atom. The fourth-order valence-electron chi connectivity index (χ4n) is 2.38. The van der Waals surface area contributed by atoms with E-state index < -0.39 is 5.91 Å². The van der Waals surface area contributed by atoms with Crippen LogP contribution in [0.5, 0.6) is 0 Å². The van der Waals surface area contributed by atoms with Gasteiger partial charge < -0.3 is 0 Å².